The molecule has 1 saturated carbocycles. The van der Waals surface area contributed by atoms with Crippen LogP contribution in [-0.2, 0) is 13.0 Å². The van der Waals surface area contributed by atoms with Crippen LogP contribution in [0.1, 0.15) is 43.2 Å². The molecule has 0 heterocycles. The number of hydrogen-bond acceptors (Lipinski definition) is 1. The van der Waals surface area contributed by atoms with Crippen molar-refractivity contribution >= 4 is 37.7 Å². The number of halogens is 4. The van der Waals surface area contributed by atoms with Gasteiger partial charge in [0.15, 0.2) is 0 Å². The summed E-state index contributed by atoms with van der Waals surface area (Å²) in [6, 6.07) is 11.1. The van der Waals surface area contributed by atoms with Crippen molar-refractivity contribution in [3.63, 3.8) is 0 Å². The van der Waals surface area contributed by atoms with Gasteiger partial charge in [-0.1, -0.05) is 68.5 Å². The van der Waals surface area contributed by atoms with E-state index >= 15 is 0 Å². The zero-order valence-electron chi connectivity index (χ0n) is 16.4. The third-order valence-corrected chi connectivity index (χ3v) is 4.48. The summed E-state index contributed by atoms with van der Waals surface area (Å²) in [5, 5.41) is 4.80. The van der Waals surface area contributed by atoms with Gasteiger partial charge in [0.2, 0.25) is 0 Å². The minimum atomic E-state index is -1.83. The summed E-state index contributed by atoms with van der Waals surface area (Å²) in [5.74, 6) is -6.60. The van der Waals surface area contributed by atoms with Crippen LogP contribution in [0.2, 0.25) is 0 Å². The van der Waals surface area contributed by atoms with E-state index in [2.05, 4.69) is 30.8 Å². The Bertz CT molecular complexity index is 748. The average molecular weight is 433 g/mol. The van der Waals surface area contributed by atoms with Crippen molar-refractivity contribution in [3.05, 3.63) is 88.4 Å². The van der Waals surface area contributed by atoms with E-state index in [1.807, 2.05) is 0 Å². The Morgan fingerprint density at radius 3 is 2.14 bits per heavy atom. The fraction of sp³-hybridized carbons (Fsp3) is 0.364. The van der Waals surface area contributed by atoms with Crippen LogP contribution < -0.4 is 5.73 Å². The predicted molar refractivity (Wildman–Crippen MR) is 108 cm³/mol. The zero-order chi connectivity index (χ0) is 20.5. The Balaban J connectivity index is 0.000000327. The quantitative estimate of drug-likeness (QED) is 0.217. The fourth-order valence-corrected chi connectivity index (χ4v) is 2.98. The van der Waals surface area contributed by atoms with E-state index in [-0.39, 0.29) is 37.7 Å². The second kappa shape index (κ2) is 13.3. The van der Waals surface area contributed by atoms with Crippen molar-refractivity contribution in [1.82, 2.24) is 0 Å². The third-order valence-electron chi connectivity index (χ3n) is 4.48. The van der Waals surface area contributed by atoms with E-state index in [4.69, 9.17) is 11.1 Å². The van der Waals surface area contributed by atoms with Crippen LogP contribution in [0.5, 0.6) is 0 Å². The third kappa shape index (κ3) is 9.07. The molecule has 0 unspecified atom stereocenters. The molecule has 0 spiro atoms. The molecule has 2 aromatic carbocycles. The van der Waals surface area contributed by atoms with E-state index < -0.39 is 23.3 Å². The van der Waals surface area contributed by atoms with Gasteiger partial charge in [0.25, 0.3) is 0 Å². The van der Waals surface area contributed by atoms with Crippen LogP contribution in [0.25, 0.3) is 5.32 Å². The summed E-state index contributed by atoms with van der Waals surface area (Å²) in [6.07, 6.45) is 7.43. The number of nitrogens with two attached hydrogens (primary N) is 1. The van der Waals surface area contributed by atoms with Crippen LogP contribution in [0.4, 0.5) is 17.6 Å². The molecule has 1 aliphatic rings. The molecule has 0 bridgehead atoms. The van der Waals surface area contributed by atoms with Gasteiger partial charge in [0, 0.05) is 23.8 Å². The van der Waals surface area contributed by atoms with Gasteiger partial charge in [-0.15, -0.1) is 24.7 Å². The molecule has 1 aliphatic carbocycles. The van der Waals surface area contributed by atoms with Gasteiger partial charge in [0.05, 0.1) is 11.6 Å². The number of allylic oxidation sites excluding steroid dienone is 1. The van der Waals surface area contributed by atoms with E-state index in [1.165, 1.54) is 43.2 Å². The molecule has 7 heteroatoms. The van der Waals surface area contributed by atoms with E-state index in [0.717, 1.165) is 18.7 Å². The minimum Gasteiger partial charge on any atom is -0.656 e. The van der Waals surface area contributed by atoms with Crippen LogP contribution in [0.3, 0.4) is 0 Å². The average Bonchev–Trinajstić information content (AvgIpc) is 2.70. The summed E-state index contributed by atoms with van der Waals surface area (Å²) in [6.45, 7) is 4.59. The van der Waals surface area contributed by atoms with Gasteiger partial charge in [-0.2, -0.15) is 0 Å². The van der Waals surface area contributed by atoms with Crippen molar-refractivity contribution in [1.29, 1.82) is 0 Å². The van der Waals surface area contributed by atoms with E-state index in [0.29, 0.717) is 12.1 Å². The molecule has 0 aromatic heterocycles. The Morgan fingerprint density at radius 1 is 1.00 bits per heavy atom. The zero-order valence-corrected chi connectivity index (χ0v) is 18.6. The predicted octanol–water partition coefficient (Wildman–Crippen LogP) is 5.57. The first-order chi connectivity index (χ1) is 13.4. The molecule has 1 fully saturated rings. The van der Waals surface area contributed by atoms with Crippen molar-refractivity contribution in [2.24, 2.45) is 5.73 Å². The molecule has 3 rings (SSSR count). The summed E-state index contributed by atoms with van der Waals surface area (Å²) in [4.78, 5) is 0. The van der Waals surface area contributed by atoms with Gasteiger partial charge < -0.3 is 11.1 Å². The smallest absolute Gasteiger partial charge is 0.656 e. The largest absolute Gasteiger partial charge is 2.00 e. The van der Waals surface area contributed by atoms with Crippen molar-refractivity contribution < 1.29 is 17.6 Å². The monoisotopic (exact) mass is 432 g/mol. The minimum absolute atomic E-state index is 0. The number of hydrogen-bond donors (Lipinski definition) is 1. The van der Waals surface area contributed by atoms with Gasteiger partial charge in [-0.05, 0) is 5.56 Å². The first-order valence-corrected chi connectivity index (χ1v) is 9.25. The number of rotatable bonds is 5. The van der Waals surface area contributed by atoms with Crippen LogP contribution in [0.15, 0.2) is 42.6 Å². The molecule has 29 heavy (non-hydrogen) atoms. The second-order valence-electron chi connectivity index (χ2n) is 6.86. The molecule has 152 valence electrons. The van der Waals surface area contributed by atoms with Crippen LogP contribution in [-0.4, -0.2) is 43.8 Å². The molecular weight excluding hydrogens is 408 g/mol. The Kier molecular flexibility index (Phi) is 11.9. The van der Waals surface area contributed by atoms with Crippen LogP contribution in [0, 0.1) is 29.3 Å². The molecule has 0 atom stereocenters. The molecule has 0 amide bonds. The summed E-state index contributed by atoms with van der Waals surface area (Å²) in [7, 11) is 0. The van der Waals surface area contributed by atoms with Gasteiger partial charge >= 0.3 is 37.7 Å². The fourth-order valence-electron chi connectivity index (χ4n) is 2.98. The standard InChI is InChI=1S/C16H23N2.C6HF4.Ca/c1-13(17)11-14-7-9-15(10-8-14)12-18-16-5-3-2-4-6-16;7-3-1-2-4(8)6(10)5(3)9;/h7-10,16H,1-6,11-12,17H2;1H;/q2*-1;+2. The first-order valence-electron chi connectivity index (χ1n) is 9.25. The number of benzene rings is 2. The van der Waals surface area contributed by atoms with E-state index in [1.54, 1.807) is 6.07 Å². The summed E-state index contributed by atoms with van der Waals surface area (Å²) < 4.78 is 47.8. The maximum absolute atomic E-state index is 12.0. The van der Waals surface area contributed by atoms with Gasteiger partial charge in [0.1, 0.15) is 0 Å². The van der Waals surface area contributed by atoms with Crippen molar-refractivity contribution in [2.45, 2.75) is 51.1 Å². The maximum atomic E-state index is 12.0. The normalized spacial score (nSPS) is 13.8. The van der Waals surface area contributed by atoms with Gasteiger partial charge in [-0.25, -0.2) is 8.78 Å². The second-order valence-corrected chi connectivity index (χ2v) is 6.86. The van der Waals surface area contributed by atoms with Crippen molar-refractivity contribution in [2.75, 3.05) is 0 Å². The summed E-state index contributed by atoms with van der Waals surface area (Å²) in [5.41, 5.74) is 8.85. The summed E-state index contributed by atoms with van der Waals surface area (Å²) >= 11 is 0. The molecule has 0 radical (unpaired) electrons. The van der Waals surface area contributed by atoms with Gasteiger partial charge in [-0.3, -0.25) is 8.78 Å². The van der Waals surface area contributed by atoms with E-state index in [9.17, 15) is 17.6 Å². The molecule has 2 N–H and O–H groups in total. The Hall–Kier alpha value is -1.08. The number of nitrogens with zero attached hydrogens (tertiary/aromatic N) is 1. The van der Waals surface area contributed by atoms with Crippen LogP contribution >= 0.6 is 0 Å². The Labute approximate surface area is 199 Å². The first kappa shape index (κ1) is 26.0. The topological polar surface area (TPSA) is 40.1 Å². The van der Waals surface area contributed by atoms with Crippen molar-refractivity contribution in [3.8, 4) is 0 Å². The molecule has 0 aliphatic heterocycles. The Morgan fingerprint density at radius 2 is 1.59 bits per heavy atom. The molecule has 0 saturated heterocycles. The maximum Gasteiger partial charge on any atom is 2.00 e. The molecular formula is C22H24CaF4N2. The molecule has 2 aromatic rings. The SMILES string of the molecule is C=C(N)Cc1ccc(C[N-]C2CCCCC2)cc1.Fc1[c-]cc(F)c(F)c1F.[Ca+2]. The molecule has 2 nitrogen and oxygen atoms in total.